The highest BCUT2D eigenvalue weighted by Crippen LogP contribution is 2.68. The van der Waals surface area contributed by atoms with Crippen LogP contribution >= 0.6 is 0 Å². The van der Waals surface area contributed by atoms with Gasteiger partial charge in [-0.05, 0) is 74.5 Å². The van der Waals surface area contributed by atoms with Crippen LogP contribution in [0.5, 0.6) is 0 Å². The molecule has 5 aliphatic rings. The largest absolute Gasteiger partial charge is 0.381 e. The van der Waals surface area contributed by atoms with Crippen LogP contribution in [-0.2, 0) is 9.57 Å². The number of nitrogens with two attached hydrogens (primary N) is 1. The summed E-state index contributed by atoms with van der Waals surface area (Å²) in [7, 11) is 0. The zero-order valence-electron chi connectivity index (χ0n) is 11.9. The molecule has 5 fully saturated rings. The molecule has 2 N–H and O–H groups in total. The Hall–Kier alpha value is -0.120. The lowest BCUT2D eigenvalue weighted by Crippen LogP contribution is -2.58. The van der Waals surface area contributed by atoms with E-state index in [0.29, 0.717) is 10.8 Å². The summed E-state index contributed by atoms with van der Waals surface area (Å²) in [5.74, 6) is 8.53. The van der Waals surface area contributed by atoms with E-state index < -0.39 is 0 Å². The van der Waals surface area contributed by atoms with E-state index in [1.807, 2.05) is 0 Å². The second-order valence-electron chi connectivity index (χ2n) is 7.90. The van der Waals surface area contributed by atoms with E-state index in [1.165, 1.54) is 38.5 Å². The zero-order valence-corrected chi connectivity index (χ0v) is 11.9. The van der Waals surface area contributed by atoms with Gasteiger partial charge in [-0.25, -0.2) is 5.90 Å². The van der Waals surface area contributed by atoms with Crippen molar-refractivity contribution >= 4 is 0 Å². The van der Waals surface area contributed by atoms with Gasteiger partial charge in [0, 0.05) is 18.6 Å². The average Bonchev–Trinajstić information content (AvgIpc) is 2.38. The molecule has 0 unspecified atom stereocenters. The number of hydrogen-bond acceptors (Lipinski definition) is 3. The molecule has 1 heterocycles. The smallest absolute Gasteiger partial charge is 0.0742 e. The Bertz CT molecular complexity index is 308. The Morgan fingerprint density at radius 2 is 1.47 bits per heavy atom. The minimum Gasteiger partial charge on any atom is -0.381 e. The lowest BCUT2D eigenvalue weighted by Gasteiger charge is -2.64. The van der Waals surface area contributed by atoms with E-state index in [0.717, 1.165) is 50.4 Å². The minimum absolute atomic E-state index is 0.315. The Labute approximate surface area is 116 Å². The summed E-state index contributed by atoms with van der Waals surface area (Å²) in [5.41, 5.74) is 0.848. The molecule has 19 heavy (non-hydrogen) atoms. The molecule has 4 aliphatic carbocycles. The first-order chi connectivity index (χ1) is 9.25. The Morgan fingerprint density at radius 1 is 0.947 bits per heavy atom. The predicted octanol–water partition coefficient (Wildman–Crippen LogP) is 2.89. The van der Waals surface area contributed by atoms with Gasteiger partial charge < -0.3 is 9.57 Å². The quantitative estimate of drug-likeness (QED) is 0.798. The Kier molecular flexibility index (Phi) is 2.95. The molecular weight excluding hydrogens is 238 g/mol. The third kappa shape index (κ3) is 1.81. The molecule has 3 heteroatoms. The second-order valence-corrected chi connectivity index (χ2v) is 7.90. The fourth-order valence-electron chi connectivity index (χ4n) is 6.51. The van der Waals surface area contributed by atoms with Crippen molar-refractivity contribution in [3.63, 3.8) is 0 Å². The van der Waals surface area contributed by atoms with Gasteiger partial charge >= 0.3 is 0 Å². The molecule has 0 atom stereocenters. The fraction of sp³-hybridized carbons (Fsp3) is 1.00. The molecule has 1 aliphatic heterocycles. The van der Waals surface area contributed by atoms with Gasteiger partial charge in [-0.2, -0.15) is 0 Å². The van der Waals surface area contributed by atoms with Crippen LogP contribution in [0.3, 0.4) is 0 Å². The molecular formula is C16H27NO2. The zero-order chi connectivity index (χ0) is 12.9. The molecule has 0 radical (unpaired) electrons. The van der Waals surface area contributed by atoms with E-state index in [4.69, 9.17) is 15.5 Å². The van der Waals surface area contributed by atoms with Crippen molar-refractivity contribution in [2.24, 2.45) is 34.5 Å². The lowest BCUT2D eigenvalue weighted by molar-refractivity contribution is -0.186. The summed E-state index contributed by atoms with van der Waals surface area (Å²) >= 11 is 0. The van der Waals surface area contributed by atoms with E-state index in [2.05, 4.69) is 0 Å². The highest BCUT2D eigenvalue weighted by Gasteiger charge is 2.60. The molecule has 1 saturated heterocycles. The van der Waals surface area contributed by atoms with Crippen LogP contribution in [0.25, 0.3) is 0 Å². The molecule has 4 saturated carbocycles. The molecule has 5 rings (SSSR count). The monoisotopic (exact) mass is 265 g/mol. The molecule has 0 aromatic carbocycles. The Morgan fingerprint density at radius 3 is 1.95 bits per heavy atom. The maximum Gasteiger partial charge on any atom is 0.0742 e. The average molecular weight is 265 g/mol. The van der Waals surface area contributed by atoms with Crippen molar-refractivity contribution in [1.82, 2.24) is 0 Å². The number of ether oxygens (including phenoxy) is 1. The predicted molar refractivity (Wildman–Crippen MR) is 73.2 cm³/mol. The Balaban J connectivity index is 1.67. The van der Waals surface area contributed by atoms with Gasteiger partial charge in [0.1, 0.15) is 0 Å². The van der Waals surface area contributed by atoms with E-state index in [9.17, 15) is 0 Å². The van der Waals surface area contributed by atoms with Crippen LogP contribution in [0.4, 0.5) is 0 Å². The molecule has 3 nitrogen and oxygen atoms in total. The first-order valence-corrected chi connectivity index (χ1v) is 8.15. The van der Waals surface area contributed by atoms with Gasteiger partial charge in [0.05, 0.1) is 6.61 Å². The number of hydrogen-bond donors (Lipinski definition) is 1. The SMILES string of the molecule is NOCC1(C23CC4CC(CC(C4)C2)C3)CCOCC1. The van der Waals surface area contributed by atoms with Crippen molar-refractivity contribution in [2.75, 3.05) is 19.8 Å². The van der Waals surface area contributed by atoms with E-state index in [-0.39, 0.29) is 0 Å². The highest BCUT2D eigenvalue weighted by atomic mass is 16.6. The summed E-state index contributed by atoms with van der Waals surface area (Å²) in [6.45, 7) is 2.57. The van der Waals surface area contributed by atoms with Gasteiger partial charge in [-0.3, -0.25) is 0 Å². The van der Waals surface area contributed by atoms with Gasteiger partial charge in [0.2, 0.25) is 0 Å². The van der Waals surface area contributed by atoms with Gasteiger partial charge in [0.25, 0.3) is 0 Å². The standard InChI is InChI=1S/C16H27NO2/c17-19-11-15(1-3-18-4-2-15)16-8-12-5-13(9-16)7-14(6-12)10-16/h12-14H,1-11,17H2. The summed E-state index contributed by atoms with van der Waals surface area (Å²) < 4.78 is 5.64. The third-order valence-electron chi connectivity index (χ3n) is 6.97. The first-order valence-electron chi connectivity index (χ1n) is 8.15. The summed E-state index contributed by atoms with van der Waals surface area (Å²) in [6.07, 6.45) is 11.2. The van der Waals surface area contributed by atoms with Crippen molar-refractivity contribution in [3.05, 3.63) is 0 Å². The molecule has 4 bridgehead atoms. The van der Waals surface area contributed by atoms with Gasteiger partial charge in [-0.15, -0.1) is 0 Å². The van der Waals surface area contributed by atoms with Crippen molar-refractivity contribution in [2.45, 2.75) is 51.4 Å². The van der Waals surface area contributed by atoms with Crippen LogP contribution in [0.1, 0.15) is 51.4 Å². The third-order valence-corrected chi connectivity index (χ3v) is 6.97. The van der Waals surface area contributed by atoms with Crippen molar-refractivity contribution in [1.29, 1.82) is 0 Å². The topological polar surface area (TPSA) is 44.5 Å². The maximum absolute atomic E-state index is 5.64. The van der Waals surface area contributed by atoms with Crippen LogP contribution in [-0.4, -0.2) is 19.8 Å². The normalized spacial score (nSPS) is 47.5. The highest BCUT2D eigenvalue weighted by molar-refractivity contribution is 5.09. The maximum atomic E-state index is 5.64. The van der Waals surface area contributed by atoms with Crippen LogP contribution in [0.2, 0.25) is 0 Å². The molecule has 0 aromatic heterocycles. The van der Waals surface area contributed by atoms with E-state index >= 15 is 0 Å². The van der Waals surface area contributed by atoms with Crippen LogP contribution in [0, 0.1) is 28.6 Å². The minimum atomic E-state index is 0.315. The first kappa shape index (κ1) is 12.6. The summed E-state index contributed by atoms with van der Waals surface area (Å²) in [5, 5.41) is 0. The van der Waals surface area contributed by atoms with Gasteiger partial charge in [0.15, 0.2) is 0 Å². The number of rotatable bonds is 3. The van der Waals surface area contributed by atoms with Crippen LogP contribution < -0.4 is 5.90 Å². The van der Waals surface area contributed by atoms with Crippen molar-refractivity contribution in [3.8, 4) is 0 Å². The van der Waals surface area contributed by atoms with Crippen molar-refractivity contribution < 1.29 is 9.57 Å². The molecule has 0 amide bonds. The van der Waals surface area contributed by atoms with Crippen LogP contribution in [0.15, 0.2) is 0 Å². The van der Waals surface area contributed by atoms with Gasteiger partial charge in [-0.1, -0.05) is 0 Å². The second kappa shape index (κ2) is 4.44. The summed E-state index contributed by atoms with van der Waals surface area (Å²) in [6, 6.07) is 0. The summed E-state index contributed by atoms with van der Waals surface area (Å²) in [4.78, 5) is 5.22. The lowest BCUT2D eigenvalue weighted by atomic mass is 9.41. The molecule has 108 valence electrons. The fourth-order valence-corrected chi connectivity index (χ4v) is 6.51. The van der Waals surface area contributed by atoms with E-state index in [1.54, 1.807) is 0 Å². The molecule has 0 spiro atoms. The molecule has 0 aromatic rings.